The number of hydrogen-bond acceptors (Lipinski definition) is 4. The summed E-state index contributed by atoms with van der Waals surface area (Å²) in [5.41, 5.74) is 3.08. The van der Waals surface area contributed by atoms with Crippen LogP contribution in [0.25, 0.3) is 0 Å². The third-order valence-electron chi connectivity index (χ3n) is 1.86. The van der Waals surface area contributed by atoms with E-state index >= 15 is 0 Å². The Hall–Kier alpha value is -2.47. The van der Waals surface area contributed by atoms with Crippen molar-refractivity contribution >= 4 is 24.3 Å². The highest BCUT2D eigenvalue weighted by Gasteiger charge is 2.03. The van der Waals surface area contributed by atoms with Crippen molar-refractivity contribution in [2.24, 2.45) is 5.84 Å². The number of nitrogen functional groups attached to an aromatic ring is 1. The second-order valence-electron chi connectivity index (χ2n) is 3.04. The summed E-state index contributed by atoms with van der Waals surface area (Å²) in [6.07, 6.45) is 3.06. The smallest absolute Gasteiger partial charge is 0.265 e. The number of benzene rings is 1. The topological polar surface area (TPSA) is 101 Å². The SMILES string of the molecule is C/C=C\C(=O)Nc1ccc(C(=O)NN)cc1.C=O. The second-order valence-corrected chi connectivity index (χ2v) is 3.04. The van der Waals surface area contributed by atoms with Crippen molar-refractivity contribution in [2.45, 2.75) is 6.92 Å². The van der Waals surface area contributed by atoms with Gasteiger partial charge >= 0.3 is 0 Å². The van der Waals surface area contributed by atoms with Gasteiger partial charge in [0.15, 0.2) is 0 Å². The molecule has 0 spiro atoms. The highest BCUT2D eigenvalue weighted by Crippen LogP contribution is 2.09. The van der Waals surface area contributed by atoms with E-state index in [0.29, 0.717) is 11.3 Å². The molecule has 0 radical (unpaired) electrons. The van der Waals surface area contributed by atoms with E-state index in [1.807, 2.05) is 12.2 Å². The van der Waals surface area contributed by atoms with Crippen molar-refractivity contribution in [3.63, 3.8) is 0 Å². The van der Waals surface area contributed by atoms with E-state index in [4.69, 9.17) is 10.6 Å². The molecule has 0 saturated heterocycles. The molecule has 0 aliphatic carbocycles. The van der Waals surface area contributed by atoms with Gasteiger partial charge in [-0.3, -0.25) is 15.0 Å². The molecule has 0 heterocycles. The third-order valence-corrected chi connectivity index (χ3v) is 1.86. The van der Waals surface area contributed by atoms with Gasteiger partial charge in [-0.05, 0) is 37.3 Å². The standard InChI is InChI=1S/C11H13N3O2.CH2O/c1-2-3-10(15)13-9-6-4-8(5-7-9)11(16)14-12;1-2/h2-7H,12H2,1H3,(H,13,15)(H,14,16);1H2/b3-2-;. The molecule has 0 fully saturated rings. The van der Waals surface area contributed by atoms with Crippen LogP contribution in [0, 0.1) is 0 Å². The summed E-state index contributed by atoms with van der Waals surface area (Å²) >= 11 is 0. The lowest BCUT2D eigenvalue weighted by Crippen LogP contribution is -2.29. The van der Waals surface area contributed by atoms with E-state index < -0.39 is 0 Å². The van der Waals surface area contributed by atoms with Crippen LogP contribution in [0.4, 0.5) is 5.69 Å². The Labute approximate surface area is 105 Å². The molecule has 4 N–H and O–H groups in total. The molecule has 96 valence electrons. The summed E-state index contributed by atoms with van der Waals surface area (Å²) in [6.45, 7) is 3.76. The maximum Gasteiger partial charge on any atom is 0.265 e. The van der Waals surface area contributed by atoms with Gasteiger partial charge in [0.25, 0.3) is 5.91 Å². The minimum Gasteiger partial charge on any atom is -0.323 e. The molecule has 0 bridgehead atoms. The van der Waals surface area contributed by atoms with Gasteiger partial charge in [-0.25, -0.2) is 5.84 Å². The van der Waals surface area contributed by atoms with E-state index in [2.05, 4.69) is 5.32 Å². The Kier molecular flexibility index (Phi) is 7.47. The van der Waals surface area contributed by atoms with Crippen LogP contribution in [-0.2, 0) is 9.59 Å². The number of hydrogen-bond donors (Lipinski definition) is 3. The number of carbonyl (C=O) groups is 3. The zero-order valence-corrected chi connectivity index (χ0v) is 9.97. The predicted molar refractivity (Wildman–Crippen MR) is 68.7 cm³/mol. The lowest BCUT2D eigenvalue weighted by Gasteiger charge is -2.03. The van der Waals surface area contributed by atoms with Gasteiger partial charge in [0.05, 0.1) is 0 Å². The Bertz CT molecular complexity index is 427. The molecule has 6 nitrogen and oxygen atoms in total. The fraction of sp³-hybridized carbons (Fsp3) is 0.0833. The Morgan fingerprint density at radius 3 is 2.22 bits per heavy atom. The molecule has 0 unspecified atom stereocenters. The lowest BCUT2D eigenvalue weighted by atomic mass is 10.2. The van der Waals surface area contributed by atoms with E-state index in [1.165, 1.54) is 6.08 Å². The number of hydrazine groups is 1. The van der Waals surface area contributed by atoms with Crippen molar-refractivity contribution in [3.05, 3.63) is 42.0 Å². The van der Waals surface area contributed by atoms with Crippen LogP contribution in [0.15, 0.2) is 36.4 Å². The molecule has 18 heavy (non-hydrogen) atoms. The summed E-state index contributed by atoms with van der Waals surface area (Å²) in [4.78, 5) is 30.3. The fourth-order valence-corrected chi connectivity index (χ4v) is 1.12. The molecule has 0 aliphatic rings. The summed E-state index contributed by atoms with van der Waals surface area (Å²) in [6, 6.07) is 6.42. The number of allylic oxidation sites excluding steroid dienone is 1. The summed E-state index contributed by atoms with van der Waals surface area (Å²) in [7, 11) is 0. The fourth-order valence-electron chi connectivity index (χ4n) is 1.12. The molecular weight excluding hydrogens is 234 g/mol. The van der Waals surface area contributed by atoms with Crippen LogP contribution in [0.2, 0.25) is 0 Å². The molecule has 2 amide bonds. The molecule has 0 aliphatic heterocycles. The molecule has 0 saturated carbocycles. The monoisotopic (exact) mass is 249 g/mol. The van der Waals surface area contributed by atoms with E-state index in [1.54, 1.807) is 37.3 Å². The van der Waals surface area contributed by atoms with E-state index in [0.717, 1.165) is 0 Å². The Morgan fingerprint density at radius 2 is 1.78 bits per heavy atom. The minimum atomic E-state index is -0.369. The molecular formula is C12H15N3O3. The first kappa shape index (κ1) is 15.5. The normalized spacial score (nSPS) is 9.22. The van der Waals surface area contributed by atoms with Crippen LogP contribution in [0.1, 0.15) is 17.3 Å². The lowest BCUT2D eigenvalue weighted by molar-refractivity contribution is -0.112. The zero-order chi connectivity index (χ0) is 14.0. The second kappa shape index (κ2) is 8.66. The van der Waals surface area contributed by atoms with Crippen LogP contribution < -0.4 is 16.6 Å². The summed E-state index contributed by atoms with van der Waals surface area (Å²) in [5, 5.41) is 2.64. The minimum absolute atomic E-state index is 0.210. The van der Waals surface area contributed by atoms with Crippen molar-refractivity contribution in [3.8, 4) is 0 Å². The maximum absolute atomic E-state index is 11.2. The van der Waals surface area contributed by atoms with Crippen LogP contribution in [0.5, 0.6) is 0 Å². The quantitative estimate of drug-likeness (QED) is 0.316. The predicted octanol–water partition coefficient (Wildman–Crippen LogP) is 0.620. The van der Waals surface area contributed by atoms with Crippen LogP contribution in [-0.4, -0.2) is 18.6 Å². The van der Waals surface area contributed by atoms with Crippen molar-refractivity contribution < 1.29 is 14.4 Å². The number of amides is 2. The number of nitrogens with two attached hydrogens (primary N) is 1. The largest absolute Gasteiger partial charge is 0.323 e. The van der Waals surface area contributed by atoms with Crippen molar-refractivity contribution in [1.82, 2.24) is 5.43 Å². The van der Waals surface area contributed by atoms with Crippen molar-refractivity contribution in [2.75, 3.05) is 5.32 Å². The first-order valence-corrected chi connectivity index (χ1v) is 5.01. The number of nitrogens with one attached hydrogen (secondary N) is 2. The number of carbonyl (C=O) groups excluding carboxylic acids is 3. The van der Waals surface area contributed by atoms with Gasteiger partial charge in [0, 0.05) is 11.3 Å². The van der Waals surface area contributed by atoms with Crippen LogP contribution >= 0.6 is 0 Å². The third kappa shape index (κ3) is 5.04. The Morgan fingerprint density at radius 1 is 1.22 bits per heavy atom. The molecule has 1 rings (SSSR count). The molecule has 0 aromatic heterocycles. The highest BCUT2D eigenvalue weighted by atomic mass is 16.2. The van der Waals surface area contributed by atoms with Crippen LogP contribution in [0.3, 0.4) is 0 Å². The average Bonchev–Trinajstić information content (AvgIpc) is 2.41. The van der Waals surface area contributed by atoms with Gasteiger partial charge in [-0.1, -0.05) is 6.08 Å². The number of rotatable bonds is 3. The van der Waals surface area contributed by atoms with E-state index in [-0.39, 0.29) is 11.8 Å². The van der Waals surface area contributed by atoms with Crippen molar-refractivity contribution in [1.29, 1.82) is 0 Å². The maximum atomic E-state index is 11.2. The highest BCUT2D eigenvalue weighted by molar-refractivity contribution is 6.00. The molecule has 1 aromatic carbocycles. The van der Waals surface area contributed by atoms with Gasteiger partial charge in [-0.2, -0.15) is 0 Å². The van der Waals surface area contributed by atoms with Gasteiger partial charge in [-0.15, -0.1) is 0 Å². The average molecular weight is 249 g/mol. The zero-order valence-electron chi connectivity index (χ0n) is 9.97. The molecule has 6 heteroatoms. The first-order valence-electron chi connectivity index (χ1n) is 5.01. The van der Waals surface area contributed by atoms with Gasteiger partial charge < -0.3 is 10.1 Å². The summed E-state index contributed by atoms with van der Waals surface area (Å²) < 4.78 is 0. The van der Waals surface area contributed by atoms with E-state index in [9.17, 15) is 9.59 Å². The Balaban J connectivity index is 0.00000137. The number of anilines is 1. The molecule has 1 aromatic rings. The first-order chi connectivity index (χ1) is 8.67. The van der Waals surface area contributed by atoms with Gasteiger partial charge in [0.1, 0.15) is 6.79 Å². The molecule has 0 atom stereocenters. The summed E-state index contributed by atoms with van der Waals surface area (Å²) in [5.74, 6) is 4.41. The van der Waals surface area contributed by atoms with Gasteiger partial charge in [0.2, 0.25) is 5.91 Å².